The molecule has 2 N–H and O–H groups in total. The molecule has 2 aromatic rings. The third-order valence-electron chi connectivity index (χ3n) is 5.10. The zero-order chi connectivity index (χ0) is 16.5. The van der Waals surface area contributed by atoms with Gasteiger partial charge in [-0.1, -0.05) is 17.7 Å². The minimum Gasteiger partial charge on any atom is -0.349 e. The van der Waals surface area contributed by atoms with Crippen LogP contribution in [0.15, 0.2) is 24.3 Å². The zero-order valence-electron chi connectivity index (χ0n) is 14.5. The van der Waals surface area contributed by atoms with Crippen LogP contribution in [-0.4, -0.2) is 34.8 Å². The van der Waals surface area contributed by atoms with E-state index in [1.165, 1.54) is 17.7 Å². The highest BCUT2D eigenvalue weighted by Crippen LogP contribution is 2.28. The van der Waals surface area contributed by atoms with Crippen molar-refractivity contribution in [3.05, 3.63) is 46.8 Å². The monoisotopic (exact) mass is 360 g/mol. The summed E-state index contributed by atoms with van der Waals surface area (Å²) in [7, 11) is 0. The van der Waals surface area contributed by atoms with Crippen molar-refractivity contribution in [2.75, 3.05) is 13.1 Å². The number of nitrogens with zero attached hydrogens (tertiary/aromatic N) is 2. The van der Waals surface area contributed by atoms with Gasteiger partial charge in [-0.05, 0) is 57.7 Å². The fourth-order valence-electron chi connectivity index (χ4n) is 3.75. The molecule has 1 aromatic carbocycles. The first-order valence-electron chi connectivity index (χ1n) is 8.92. The summed E-state index contributed by atoms with van der Waals surface area (Å²) in [5.41, 5.74) is 5.20. The van der Waals surface area contributed by atoms with E-state index in [0.29, 0.717) is 18.3 Å². The van der Waals surface area contributed by atoms with Crippen LogP contribution in [0.4, 0.5) is 0 Å². The predicted octanol–water partition coefficient (Wildman–Crippen LogP) is 2.57. The molecule has 1 saturated heterocycles. The number of benzene rings is 1. The molecule has 1 aliphatic heterocycles. The van der Waals surface area contributed by atoms with Crippen LogP contribution in [0.2, 0.25) is 0 Å². The number of aromatic nitrogens is 2. The van der Waals surface area contributed by atoms with Gasteiger partial charge >= 0.3 is 0 Å². The number of aryl methyl sites for hydroxylation is 1. The average Bonchev–Trinajstić information content (AvgIpc) is 3.31. The molecule has 134 valence electrons. The van der Waals surface area contributed by atoms with E-state index in [4.69, 9.17) is 0 Å². The number of rotatable bonds is 4. The number of fused-ring (bicyclic) bond motifs is 1. The van der Waals surface area contributed by atoms with Gasteiger partial charge in [0.05, 0.1) is 5.69 Å². The van der Waals surface area contributed by atoms with E-state index in [0.717, 1.165) is 43.5 Å². The highest BCUT2D eigenvalue weighted by molar-refractivity contribution is 5.94. The normalized spacial score (nSPS) is 18.7. The third-order valence-corrected chi connectivity index (χ3v) is 5.10. The van der Waals surface area contributed by atoms with Gasteiger partial charge in [0.1, 0.15) is 0 Å². The highest BCUT2D eigenvalue weighted by Gasteiger charge is 2.27. The Morgan fingerprint density at radius 1 is 1.28 bits per heavy atom. The summed E-state index contributed by atoms with van der Waals surface area (Å²) < 4.78 is 1.96. The van der Waals surface area contributed by atoms with Gasteiger partial charge in [0.25, 0.3) is 5.91 Å². The Balaban J connectivity index is 0.00000182. The smallest absolute Gasteiger partial charge is 0.272 e. The van der Waals surface area contributed by atoms with Crippen LogP contribution in [0.5, 0.6) is 0 Å². The van der Waals surface area contributed by atoms with E-state index in [1.807, 2.05) is 4.68 Å². The Hall–Kier alpha value is -1.85. The van der Waals surface area contributed by atoms with Crippen molar-refractivity contribution in [2.45, 2.75) is 45.1 Å². The van der Waals surface area contributed by atoms with E-state index < -0.39 is 0 Å². The van der Waals surface area contributed by atoms with Gasteiger partial charge in [-0.2, -0.15) is 5.10 Å². The maximum Gasteiger partial charge on any atom is 0.272 e. The van der Waals surface area contributed by atoms with E-state index in [1.54, 1.807) is 0 Å². The molecule has 1 fully saturated rings. The summed E-state index contributed by atoms with van der Waals surface area (Å²) in [5, 5.41) is 11.1. The molecule has 1 aromatic heterocycles. The first-order valence-corrected chi connectivity index (χ1v) is 8.92. The molecule has 6 heteroatoms. The van der Waals surface area contributed by atoms with Gasteiger partial charge in [-0.25, -0.2) is 4.68 Å². The molecule has 2 heterocycles. The van der Waals surface area contributed by atoms with Crippen molar-refractivity contribution in [3.63, 3.8) is 0 Å². The number of hydrogen-bond donors (Lipinski definition) is 2. The second kappa shape index (κ2) is 7.58. The molecule has 4 rings (SSSR count). The first kappa shape index (κ1) is 18.0. The maximum absolute atomic E-state index is 12.6. The molecule has 0 spiro atoms. The topological polar surface area (TPSA) is 59.0 Å². The van der Waals surface area contributed by atoms with Crippen molar-refractivity contribution >= 4 is 18.3 Å². The van der Waals surface area contributed by atoms with Crippen LogP contribution in [-0.2, 0) is 12.8 Å². The maximum atomic E-state index is 12.6. The molecule has 1 amide bonds. The van der Waals surface area contributed by atoms with Gasteiger partial charge in [-0.3, -0.25) is 4.79 Å². The van der Waals surface area contributed by atoms with Gasteiger partial charge in [-0.15, -0.1) is 12.4 Å². The number of carbonyl (C=O) groups is 1. The fraction of sp³-hybridized carbons (Fsp3) is 0.474. The minimum atomic E-state index is -0.0345. The lowest BCUT2D eigenvalue weighted by atomic mass is 10.2. The van der Waals surface area contributed by atoms with Gasteiger partial charge in [0.2, 0.25) is 0 Å². The Morgan fingerprint density at radius 3 is 2.80 bits per heavy atom. The number of nitrogens with one attached hydrogen (secondary N) is 2. The minimum absolute atomic E-state index is 0. The number of halogens is 1. The first-order chi connectivity index (χ1) is 11.7. The van der Waals surface area contributed by atoms with Crippen molar-refractivity contribution in [1.29, 1.82) is 0 Å². The van der Waals surface area contributed by atoms with Gasteiger partial charge < -0.3 is 10.6 Å². The van der Waals surface area contributed by atoms with Crippen LogP contribution >= 0.6 is 12.4 Å². The number of amides is 1. The van der Waals surface area contributed by atoms with Crippen molar-refractivity contribution in [3.8, 4) is 5.69 Å². The molecule has 1 aliphatic carbocycles. The summed E-state index contributed by atoms with van der Waals surface area (Å²) in [6.45, 7) is 3.82. The Labute approximate surface area is 154 Å². The summed E-state index contributed by atoms with van der Waals surface area (Å²) in [5.74, 6) is -0.0345. The van der Waals surface area contributed by atoms with Crippen LogP contribution < -0.4 is 10.6 Å². The van der Waals surface area contributed by atoms with Gasteiger partial charge in [0, 0.05) is 23.8 Å². The Bertz CT molecular complexity index is 748. The lowest BCUT2D eigenvalue weighted by molar-refractivity contribution is 0.0944. The molecule has 5 nitrogen and oxygen atoms in total. The lowest BCUT2D eigenvalue weighted by Crippen LogP contribution is -2.37. The van der Waals surface area contributed by atoms with Crippen LogP contribution in [0.1, 0.15) is 46.6 Å². The predicted molar refractivity (Wildman–Crippen MR) is 101 cm³/mol. The van der Waals surface area contributed by atoms with E-state index in [9.17, 15) is 4.79 Å². The molecule has 1 atom stereocenters. The van der Waals surface area contributed by atoms with Crippen molar-refractivity contribution in [1.82, 2.24) is 20.4 Å². The lowest BCUT2D eigenvalue weighted by Gasteiger charge is -2.11. The van der Waals surface area contributed by atoms with Crippen LogP contribution in [0.25, 0.3) is 5.69 Å². The van der Waals surface area contributed by atoms with Crippen LogP contribution in [0.3, 0.4) is 0 Å². The number of carbonyl (C=O) groups excluding carboxylic acids is 1. The van der Waals surface area contributed by atoms with Crippen LogP contribution in [0, 0.1) is 6.92 Å². The molecule has 2 aliphatic rings. The molecule has 0 bridgehead atoms. The van der Waals surface area contributed by atoms with Gasteiger partial charge in [0.15, 0.2) is 5.69 Å². The Morgan fingerprint density at radius 2 is 2.08 bits per heavy atom. The summed E-state index contributed by atoms with van der Waals surface area (Å²) in [6.07, 6.45) is 5.37. The average molecular weight is 361 g/mol. The third kappa shape index (κ3) is 3.58. The highest BCUT2D eigenvalue weighted by atomic mass is 35.5. The van der Waals surface area contributed by atoms with Crippen molar-refractivity contribution < 1.29 is 4.79 Å². The molecular weight excluding hydrogens is 336 g/mol. The SMILES string of the molecule is Cc1ccc(-n2nc(C(=O)NCC3CCCN3)c3c2CCC3)cc1.Cl. The molecule has 1 unspecified atom stereocenters. The standard InChI is InChI=1S/C19H24N4O.ClH/c1-13-7-9-15(10-8-13)23-17-6-2-5-16(17)18(22-23)19(24)21-12-14-4-3-11-20-14;/h7-10,14,20H,2-6,11-12H2,1H3,(H,21,24);1H. The zero-order valence-corrected chi connectivity index (χ0v) is 15.4. The number of hydrogen-bond acceptors (Lipinski definition) is 3. The van der Waals surface area contributed by atoms with E-state index >= 15 is 0 Å². The largest absolute Gasteiger partial charge is 0.349 e. The van der Waals surface area contributed by atoms with Crippen molar-refractivity contribution in [2.24, 2.45) is 0 Å². The molecular formula is C19H25ClN4O. The second-order valence-electron chi connectivity index (χ2n) is 6.88. The quantitative estimate of drug-likeness (QED) is 0.881. The molecule has 0 radical (unpaired) electrons. The van der Waals surface area contributed by atoms with E-state index in [-0.39, 0.29) is 18.3 Å². The summed E-state index contributed by atoms with van der Waals surface area (Å²) in [6, 6.07) is 8.73. The van der Waals surface area contributed by atoms with E-state index in [2.05, 4.69) is 46.9 Å². The summed E-state index contributed by atoms with van der Waals surface area (Å²) in [4.78, 5) is 12.6. The fourth-order valence-corrected chi connectivity index (χ4v) is 3.75. The molecule has 0 saturated carbocycles. The molecule has 25 heavy (non-hydrogen) atoms. The Kier molecular flexibility index (Phi) is 5.45. The second-order valence-corrected chi connectivity index (χ2v) is 6.88. The summed E-state index contributed by atoms with van der Waals surface area (Å²) >= 11 is 0.